The molecule has 0 amide bonds. The maximum atomic E-state index is 9.41. The second kappa shape index (κ2) is 6.79. The molecule has 3 nitrogen and oxygen atoms in total. The van der Waals surface area contributed by atoms with Gasteiger partial charge in [-0.05, 0) is 37.8 Å². The van der Waals surface area contributed by atoms with Crippen LogP contribution in [0.25, 0.3) is 0 Å². The van der Waals surface area contributed by atoms with Crippen LogP contribution in [0.2, 0.25) is 0 Å². The van der Waals surface area contributed by atoms with Crippen LogP contribution >= 0.6 is 12.4 Å². The third-order valence-electron chi connectivity index (χ3n) is 4.48. The number of aliphatic hydroxyl groups is 1. The van der Waals surface area contributed by atoms with Gasteiger partial charge in [-0.3, -0.25) is 4.90 Å². The van der Waals surface area contributed by atoms with Crippen LogP contribution in [0.1, 0.15) is 25.3 Å². The maximum absolute atomic E-state index is 9.41. The molecular formula is C16H25ClN2O. The summed E-state index contributed by atoms with van der Waals surface area (Å²) >= 11 is 0. The van der Waals surface area contributed by atoms with Gasteiger partial charge in [0.15, 0.2) is 0 Å². The Morgan fingerprint density at radius 3 is 2.90 bits per heavy atom. The van der Waals surface area contributed by atoms with Crippen molar-refractivity contribution in [3.05, 3.63) is 29.8 Å². The summed E-state index contributed by atoms with van der Waals surface area (Å²) < 4.78 is 0. The number of anilines is 1. The van der Waals surface area contributed by atoms with E-state index < -0.39 is 0 Å². The smallest absolute Gasteiger partial charge is 0.0524 e. The molecule has 2 aliphatic heterocycles. The summed E-state index contributed by atoms with van der Waals surface area (Å²) in [7, 11) is 0. The van der Waals surface area contributed by atoms with Gasteiger partial charge >= 0.3 is 0 Å². The fraction of sp³-hybridized carbons (Fsp3) is 0.625. The minimum atomic E-state index is -0.176. The molecule has 0 saturated carbocycles. The highest BCUT2D eigenvalue weighted by Gasteiger charge is 2.31. The van der Waals surface area contributed by atoms with Crippen molar-refractivity contribution in [1.82, 2.24) is 4.90 Å². The van der Waals surface area contributed by atoms with Gasteiger partial charge in [0.2, 0.25) is 0 Å². The molecule has 0 bridgehead atoms. The number of aryl methyl sites for hydroxylation is 1. The maximum Gasteiger partial charge on any atom is 0.0524 e. The molecule has 0 aromatic heterocycles. The number of halogens is 1. The fourth-order valence-electron chi connectivity index (χ4n) is 3.38. The second-order valence-electron chi connectivity index (χ2n) is 5.95. The van der Waals surface area contributed by atoms with E-state index in [0.717, 1.165) is 32.6 Å². The molecule has 1 aromatic rings. The number of hydrogen-bond acceptors (Lipinski definition) is 3. The molecular weight excluding hydrogens is 272 g/mol. The average molecular weight is 297 g/mol. The predicted octanol–water partition coefficient (Wildman–Crippen LogP) is 2.32. The quantitative estimate of drug-likeness (QED) is 0.927. The lowest BCUT2D eigenvalue weighted by molar-refractivity contribution is 0.143. The number of piperazine rings is 1. The van der Waals surface area contributed by atoms with E-state index in [1.54, 1.807) is 0 Å². The molecule has 2 unspecified atom stereocenters. The molecule has 1 N–H and O–H groups in total. The van der Waals surface area contributed by atoms with Crippen molar-refractivity contribution in [2.45, 2.75) is 38.3 Å². The molecule has 0 spiro atoms. The topological polar surface area (TPSA) is 26.7 Å². The van der Waals surface area contributed by atoms with Gasteiger partial charge in [0.05, 0.1) is 6.10 Å². The molecule has 3 rings (SSSR count). The standard InChI is InChI=1S/C16H24N2O.ClH/c1-13(19)8-9-17-10-11-18-15(12-17)7-6-14-4-2-3-5-16(14)18;/h2-5,13,15,19H,6-12H2,1H3;1H. The second-order valence-corrected chi connectivity index (χ2v) is 5.95. The lowest BCUT2D eigenvalue weighted by Gasteiger charge is -2.46. The van der Waals surface area contributed by atoms with Gasteiger partial charge in [0.1, 0.15) is 0 Å². The Hall–Kier alpha value is -0.770. The minimum absolute atomic E-state index is 0. The van der Waals surface area contributed by atoms with Crippen molar-refractivity contribution >= 4 is 18.1 Å². The molecule has 2 aliphatic rings. The van der Waals surface area contributed by atoms with Crippen LogP contribution in [-0.2, 0) is 6.42 Å². The van der Waals surface area contributed by atoms with Gasteiger partial charge in [0.25, 0.3) is 0 Å². The summed E-state index contributed by atoms with van der Waals surface area (Å²) in [5, 5.41) is 9.41. The summed E-state index contributed by atoms with van der Waals surface area (Å²) in [5.41, 5.74) is 2.96. The number of fused-ring (bicyclic) bond motifs is 3. The highest BCUT2D eigenvalue weighted by Crippen LogP contribution is 2.32. The normalized spacial score (nSPS) is 23.5. The zero-order chi connectivity index (χ0) is 13.2. The van der Waals surface area contributed by atoms with Gasteiger partial charge in [-0.25, -0.2) is 0 Å². The van der Waals surface area contributed by atoms with Crippen molar-refractivity contribution < 1.29 is 5.11 Å². The molecule has 2 heterocycles. The molecule has 4 heteroatoms. The summed E-state index contributed by atoms with van der Waals surface area (Å²) in [5.74, 6) is 0. The summed E-state index contributed by atoms with van der Waals surface area (Å²) in [6, 6.07) is 9.51. The van der Waals surface area contributed by atoms with Crippen LogP contribution in [0.5, 0.6) is 0 Å². The van der Waals surface area contributed by atoms with Crippen molar-refractivity contribution in [2.75, 3.05) is 31.1 Å². The van der Waals surface area contributed by atoms with Crippen LogP contribution in [0.4, 0.5) is 5.69 Å². The Balaban J connectivity index is 0.00000147. The van der Waals surface area contributed by atoms with Gasteiger partial charge < -0.3 is 10.0 Å². The van der Waals surface area contributed by atoms with Crippen LogP contribution in [0.15, 0.2) is 24.3 Å². The highest BCUT2D eigenvalue weighted by atomic mass is 35.5. The molecule has 1 aromatic carbocycles. The van der Waals surface area contributed by atoms with E-state index in [-0.39, 0.29) is 18.5 Å². The van der Waals surface area contributed by atoms with Gasteiger partial charge in [-0.2, -0.15) is 0 Å². The minimum Gasteiger partial charge on any atom is -0.393 e. The first-order valence-electron chi connectivity index (χ1n) is 7.49. The first-order chi connectivity index (χ1) is 9.24. The molecule has 1 saturated heterocycles. The molecule has 2 atom stereocenters. The first kappa shape index (κ1) is 15.6. The zero-order valence-electron chi connectivity index (χ0n) is 12.2. The molecule has 1 fully saturated rings. The van der Waals surface area contributed by atoms with Gasteiger partial charge in [-0.15, -0.1) is 12.4 Å². The van der Waals surface area contributed by atoms with Crippen molar-refractivity contribution in [2.24, 2.45) is 0 Å². The lowest BCUT2D eigenvalue weighted by Crippen LogP contribution is -2.55. The SMILES string of the molecule is CC(O)CCN1CCN2c3ccccc3CCC2C1.Cl. The fourth-order valence-corrected chi connectivity index (χ4v) is 3.38. The highest BCUT2D eigenvalue weighted by molar-refractivity contribution is 5.85. The average Bonchev–Trinajstić information content (AvgIpc) is 2.44. The monoisotopic (exact) mass is 296 g/mol. The largest absolute Gasteiger partial charge is 0.393 e. The van der Waals surface area contributed by atoms with E-state index in [1.807, 2.05) is 6.92 Å². The number of rotatable bonds is 3. The Bertz CT molecular complexity index is 438. The van der Waals surface area contributed by atoms with Crippen LogP contribution < -0.4 is 4.90 Å². The van der Waals surface area contributed by atoms with Crippen LogP contribution in [0.3, 0.4) is 0 Å². The number of aliphatic hydroxyl groups excluding tert-OH is 1. The van der Waals surface area contributed by atoms with E-state index in [2.05, 4.69) is 34.1 Å². The zero-order valence-corrected chi connectivity index (χ0v) is 13.0. The third-order valence-corrected chi connectivity index (χ3v) is 4.48. The van der Waals surface area contributed by atoms with Gasteiger partial charge in [-0.1, -0.05) is 18.2 Å². The van der Waals surface area contributed by atoms with Crippen molar-refractivity contribution in [3.8, 4) is 0 Å². The molecule has 0 aliphatic carbocycles. The van der Waals surface area contributed by atoms with E-state index in [1.165, 1.54) is 24.1 Å². The van der Waals surface area contributed by atoms with Crippen LogP contribution in [0, 0.1) is 0 Å². The van der Waals surface area contributed by atoms with E-state index in [4.69, 9.17) is 0 Å². The summed E-state index contributed by atoms with van der Waals surface area (Å²) in [6.07, 6.45) is 3.19. The van der Waals surface area contributed by atoms with E-state index >= 15 is 0 Å². The Labute approximate surface area is 128 Å². The van der Waals surface area contributed by atoms with Crippen LogP contribution in [-0.4, -0.2) is 48.3 Å². The number of nitrogens with zero attached hydrogens (tertiary/aromatic N) is 2. The lowest BCUT2D eigenvalue weighted by atomic mass is 9.94. The number of para-hydroxylation sites is 1. The van der Waals surface area contributed by atoms with Crippen molar-refractivity contribution in [3.63, 3.8) is 0 Å². The molecule has 0 radical (unpaired) electrons. The molecule has 20 heavy (non-hydrogen) atoms. The number of benzene rings is 1. The summed E-state index contributed by atoms with van der Waals surface area (Å²) in [4.78, 5) is 5.11. The Morgan fingerprint density at radius 2 is 2.10 bits per heavy atom. The molecule has 112 valence electrons. The first-order valence-corrected chi connectivity index (χ1v) is 7.49. The van der Waals surface area contributed by atoms with E-state index in [0.29, 0.717) is 6.04 Å². The number of hydrogen-bond donors (Lipinski definition) is 1. The van der Waals surface area contributed by atoms with Gasteiger partial charge in [0, 0.05) is 37.9 Å². The third kappa shape index (κ3) is 3.27. The summed E-state index contributed by atoms with van der Waals surface area (Å²) in [6.45, 7) is 6.32. The van der Waals surface area contributed by atoms with Crippen molar-refractivity contribution in [1.29, 1.82) is 0 Å². The Morgan fingerprint density at radius 1 is 1.30 bits per heavy atom. The van der Waals surface area contributed by atoms with E-state index in [9.17, 15) is 5.11 Å². The predicted molar refractivity (Wildman–Crippen MR) is 85.9 cm³/mol. The Kier molecular flexibility index (Phi) is 5.30.